The molecule has 5 nitrogen and oxygen atoms in total. The van der Waals surface area contributed by atoms with Crippen LogP contribution < -0.4 is 5.73 Å². The molecule has 0 fully saturated rings. The number of rotatable bonds is 1. The van der Waals surface area contributed by atoms with E-state index in [1.165, 1.54) is 6.07 Å². The SMILES string of the molecule is Nc1nc(C(=O)O)c2cc(Cl)ccc2n1. The molecule has 2 aromatic rings. The molecule has 0 saturated heterocycles. The van der Waals surface area contributed by atoms with Gasteiger partial charge < -0.3 is 10.8 Å². The van der Waals surface area contributed by atoms with Crippen molar-refractivity contribution >= 4 is 34.4 Å². The molecular formula is C9H6ClN3O2. The molecule has 1 aromatic carbocycles. The van der Waals surface area contributed by atoms with Crippen molar-refractivity contribution in [2.45, 2.75) is 0 Å². The maximum Gasteiger partial charge on any atom is 0.355 e. The van der Waals surface area contributed by atoms with E-state index < -0.39 is 5.97 Å². The van der Waals surface area contributed by atoms with Gasteiger partial charge in [-0.2, -0.15) is 0 Å². The lowest BCUT2D eigenvalue weighted by atomic mass is 10.2. The van der Waals surface area contributed by atoms with Gasteiger partial charge in [0.05, 0.1) is 5.52 Å². The van der Waals surface area contributed by atoms with Crippen molar-refractivity contribution in [1.29, 1.82) is 0 Å². The van der Waals surface area contributed by atoms with E-state index in [0.29, 0.717) is 15.9 Å². The van der Waals surface area contributed by atoms with Gasteiger partial charge in [-0.15, -0.1) is 0 Å². The summed E-state index contributed by atoms with van der Waals surface area (Å²) in [4.78, 5) is 18.4. The van der Waals surface area contributed by atoms with Gasteiger partial charge in [-0.1, -0.05) is 11.6 Å². The van der Waals surface area contributed by atoms with E-state index in [0.717, 1.165) is 0 Å². The van der Waals surface area contributed by atoms with Crippen LogP contribution >= 0.6 is 11.6 Å². The summed E-state index contributed by atoms with van der Waals surface area (Å²) < 4.78 is 0. The summed E-state index contributed by atoms with van der Waals surface area (Å²) >= 11 is 5.76. The maximum absolute atomic E-state index is 10.9. The maximum atomic E-state index is 10.9. The smallest absolute Gasteiger partial charge is 0.355 e. The van der Waals surface area contributed by atoms with Crippen LogP contribution in [0.15, 0.2) is 18.2 Å². The van der Waals surface area contributed by atoms with Crippen LogP contribution in [0.3, 0.4) is 0 Å². The quantitative estimate of drug-likeness (QED) is 0.766. The third kappa shape index (κ3) is 1.69. The molecule has 3 N–H and O–H groups in total. The number of carboxylic acids is 1. The minimum absolute atomic E-state index is 0.0674. The van der Waals surface area contributed by atoms with E-state index in [9.17, 15) is 4.79 Å². The number of aromatic carboxylic acids is 1. The lowest BCUT2D eigenvalue weighted by molar-refractivity contribution is 0.0693. The topological polar surface area (TPSA) is 89.1 Å². The fourth-order valence-corrected chi connectivity index (χ4v) is 1.45. The monoisotopic (exact) mass is 223 g/mol. The van der Waals surface area contributed by atoms with E-state index in [4.69, 9.17) is 22.4 Å². The third-order valence-corrected chi connectivity index (χ3v) is 2.11. The van der Waals surface area contributed by atoms with Gasteiger partial charge in [-0.25, -0.2) is 14.8 Å². The highest BCUT2D eigenvalue weighted by Crippen LogP contribution is 2.21. The molecule has 0 saturated carbocycles. The van der Waals surface area contributed by atoms with Gasteiger partial charge in [0.1, 0.15) is 0 Å². The Labute approximate surface area is 89.5 Å². The van der Waals surface area contributed by atoms with Crippen molar-refractivity contribution in [3.05, 3.63) is 28.9 Å². The lowest BCUT2D eigenvalue weighted by Gasteiger charge is -2.02. The average molecular weight is 224 g/mol. The molecular weight excluding hydrogens is 218 g/mol. The van der Waals surface area contributed by atoms with Crippen LogP contribution in [0.5, 0.6) is 0 Å². The molecule has 1 aromatic heterocycles. The summed E-state index contributed by atoms with van der Waals surface area (Å²) in [6.07, 6.45) is 0. The molecule has 0 aliphatic carbocycles. The molecule has 0 unspecified atom stereocenters. The van der Waals surface area contributed by atoms with Crippen LogP contribution in [-0.4, -0.2) is 21.0 Å². The molecule has 0 atom stereocenters. The van der Waals surface area contributed by atoms with Crippen LogP contribution in [0.4, 0.5) is 5.95 Å². The fraction of sp³-hybridized carbons (Fsp3) is 0. The predicted octanol–water partition coefficient (Wildman–Crippen LogP) is 1.56. The summed E-state index contributed by atoms with van der Waals surface area (Å²) in [6, 6.07) is 4.71. The third-order valence-electron chi connectivity index (χ3n) is 1.88. The van der Waals surface area contributed by atoms with Gasteiger partial charge in [0, 0.05) is 10.4 Å². The number of fused-ring (bicyclic) bond motifs is 1. The zero-order chi connectivity index (χ0) is 11.0. The standard InChI is InChI=1S/C9H6ClN3O2/c10-4-1-2-6-5(3-4)7(8(14)15)13-9(11)12-6/h1-3H,(H,14,15)(H2,11,12,13). The molecule has 0 amide bonds. The van der Waals surface area contributed by atoms with E-state index in [1.54, 1.807) is 12.1 Å². The average Bonchev–Trinajstić information content (AvgIpc) is 2.17. The van der Waals surface area contributed by atoms with Gasteiger partial charge in [0.2, 0.25) is 5.95 Å². The molecule has 0 aliphatic rings. The summed E-state index contributed by atoms with van der Waals surface area (Å²) in [6.45, 7) is 0. The molecule has 2 rings (SSSR count). The molecule has 6 heteroatoms. The molecule has 0 bridgehead atoms. The Kier molecular flexibility index (Phi) is 2.17. The molecule has 0 spiro atoms. The number of hydrogen-bond donors (Lipinski definition) is 2. The van der Waals surface area contributed by atoms with Gasteiger partial charge in [-0.3, -0.25) is 0 Å². The second kappa shape index (κ2) is 3.36. The number of halogens is 1. The largest absolute Gasteiger partial charge is 0.476 e. The first-order valence-electron chi connectivity index (χ1n) is 4.04. The van der Waals surface area contributed by atoms with Crippen molar-refractivity contribution in [2.24, 2.45) is 0 Å². The molecule has 0 aliphatic heterocycles. The second-order valence-corrected chi connectivity index (χ2v) is 3.33. The number of nitrogens with zero attached hydrogens (tertiary/aromatic N) is 2. The molecule has 1 heterocycles. The number of anilines is 1. The van der Waals surface area contributed by atoms with Gasteiger partial charge >= 0.3 is 5.97 Å². The minimum atomic E-state index is -1.16. The first-order valence-corrected chi connectivity index (χ1v) is 4.42. The van der Waals surface area contributed by atoms with Gasteiger partial charge in [-0.05, 0) is 18.2 Å². The summed E-state index contributed by atoms with van der Waals surface area (Å²) in [5, 5.41) is 9.72. The van der Waals surface area contributed by atoms with Crippen molar-refractivity contribution in [3.8, 4) is 0 Å². The molecule has 15 heavy (non-hydrogen) atoms. The minimum Gasteiger partial charge on any atom is -0.476 e. The van der Waals surface area contributed by atoms with E-state index in [2.05, 4.69) is 9.97 Å². The number of nitrogen functional groups attached to an aromatic ring is 1. The zero-order valence-electron chi connectivity index (χ0n) is 7.44. The normalized spacial score (nSPS) is 10.5. The van der Waals surface area contributed by atoms with Crippen LogP contribution in [0.25, 0.3) is 10.9 Å². The van der Waals surface area contributed by atoms with Crippen LogP contribution in [0.2, 0.25) is 5.02 Å². The lowest BCUT2D eigenvalue weighted by Crippen LogP contribution is -2.06. The highest BCUT2D eigenvalue weighted by atomic mass is 35.5. The Balaban J connectivity index is 2.87. The first kappa shape index (κ1) is 9.67. The number of aromatic nitrogens is 2. The van der Waals surface area contributed by atoms with E-state index in [1.807, 2.05) is 0 Å². The number of carbonyl (C=O) groups is 1. The summed E-state index contributed by atoms with van der Waals surface area (Å²) in [5.41, 5.74) is 5.71. The van der Waals surface area contributed by atoms with Crippen LogP contribution in [0.1, 0.15) is 10.5 Å². The highest BCUT2D eigenvalue weighted by molar-refractivity contribution is 6.31. The van der Waals surface area contributed by atoms with Gasteiger partial charge in [0.15, 0.2) is 5.69 Å². The number of nitrogens with two attached hydrogens (primary N) is 1. The molecule has 0 radical (unpaired) electrons. The number of carboxylic acid groups (broad SMARTS) is 1. The van der Waals surface area contributed by atoms with Crippen LogP contribution in [-0.2, 0) is 0 Å². The highest BCUT2D eigenvalue weighted by Gasteiger charge is 2.12. The Bertz CT molecular complexity index is 556. The van der Waals surface area contributed by atoms with Gasteiger partial charge in [0.25, 0.3) is 0 Å². The fourth-order valence-electron chi connectivity index (χ4n) is 1.28. The number of hydrogen-bond acceptors (Lipinski definition) is 4. The Morgan fingerprint density at radius 1 is 1.40 bits per heavy atom. The Morgan fingerprint density at radius 2 is 2.13 bits per heavy atom. The second-order valence-electron chi connectivity index (χ2n) is 2.90. The van der Waals surface area contributed by atoms with E-state index in [-0.39, 0.29) is 11.6 Å². The Hall–Kier alpha value is -1.88. The zero-order valence-corrected chi connectivity index (χ0v) is 8.19. The van der Waals surface area contributed by atoms with Crippen molar-refractivity contribution in [3.63, 3.8) is 0 Å². The van der Waals surface area contributed by atoms with Crippen molar-refractivity contribution in [2.75, 3.05) is 5.73 Å². The van der Waals surface area contributed by atoms with Crippen molar-refractivity contribution in [1.82, 2.24) is 9.97 Å². The number of benzene rings is 1. The predicted molar refractivity (Wildman–Crippen MR) is 55.9 cm³/mol. The first-order chi connectivity index (χ1) is 7.08. The summed E-state index contributed by atoms with van der Waals surface area (Å²) in [5.74, 6) is -1.22. The Morgan fingerprint density at radius 3 is 2.80 bits per heavy atom. The van der Waals surface area contributed by atoms with E-state index >= 15 is 0 Å². The van der Waals surface area contributed by atoms with Crippen molar-refractivity contribution < 1.29 is 9.90 Å². The van der Waals surface area contributed by atoms with Crippen LogP contribution in [0, 0.1) is 0 Å². The molecule has 76 valence electrons. The summed E-state index contributed by atoms with van der Waals surface area (Å²) in [7, 11) is 0.